The molecule has 1 heterocycles. The molecule has 1 atom stereocenters. The standard InChI is InChI=1S/C18H18N2O2S/c1-18(2,3)12-8-9-14-16(10-12)23(21,22)15-7-5-4-6-13(15)17(14)20-11-19/h4-10,17,20H,1-3H3. The molecule has 2 aromatic carbocycles. The van der Waals surface area contributed by atoms with Gasteiger partial charge in [-0.05, 0) is 34.2 Å². The van der Waals surface area contributed by atoms with Crippen LogP contribution < -0.4 is 5.32 Å². The van der Waals surface area contributed by atoms with Crippen molar-refractivity contribution < 1.29 is 8.42 Å². The zero-order valence-electron chi connectivity index (χ0n) is 13.3. The molecule has 1 N–H and O–H groups in total. The molecule has 0 radical (unpaired) electrons. The Morgan fingerprint density at radius 3 is 2.35 bits per heavy atom. The van der Waals surface area contributed by atoms with Crippen LogP contribution in [0.5, 0.6) is 0 Å². The lowest BCUT2D eigenvalue weighted by molar-refractivity contribution is 0.571. The molecule has 1 aliphatic rings. The number of rotatable bonds is 1. The van der Waals surface area contributed by atoms with Crippen molar-refractivity contribution in [3.05, 3.63) is 59.2 Å². The molecule has 118 valence electrons. The molecule has 0 spiro atoms. The minimum atomic E-state index is -3.58. The van der Waals surface area contributed by atoms with E-state index in [0.717, 1.165) is 5.56 Å². The topological polar surface area (TPSA) is 70.0 Å². The van der Waals surface area contributed by atoms with Crippen LogP contribution in [-0.4, -0.2) is 8.42 Å². The largest absolute Gasteiger partial charge is 0.312 e. The van der Waals surface area contributed by atoms with Crippen LogP contribution in [0.3, 0.4) is 0 Å². The Kier molecular flexibility index (Phi) is 3.46. The van der Waals surface area contributed by atoms with E-state index >= 15 is 0 Å². The van der Waals surface area contributed by atoms with E-state index in [1.165, 1.54) is 0 Å². The van der Waals surface area contributed by atoms with Crippen molar-refractivity contribution in [2.24, 2.45) is 0 Å². The smallest absolute Gasteiger partial charge is 0.207 e. The van der Waals surface area contributed by atoms with Gasteiger partial charge in [0.15, 0.2) is 6.19 Å². The van der Waals surface area contributed by atoms with E-state index in [2.05, 4.69) is 5.32 Å². The summed E-state index contributed by atoms with van der Waals surface area (Å²) in [5, 5.41) is 11.8. The highest BCUT2D eigenvalue weighted by molar-refractivity contribution is 7.91. The predicted molar refractivity (Wildman–Crippen MR) is 87.6 cm³/mol. The SMILES string of the molecule is CC(C)(C)c1ccc2c(c1)S(=O)(=O)c1ccccc1C2NC#N. The summed E-state index contributed by atoms with van der Waals surface area (Å²) in [4.78, 5) is 0.558. The maximum atomic E-state index is 13.0. The molecule has 0 fully saturated rings. The lowest BCUT2D eigenvalue weighted by Gasteiger charge is -2.29. The summed E-state index contributed by atoms with van der Waals surface area (Å²) in [6.07, 6.45) is 1.95. The Labute approximate surface area is 136 Å². The predicted octanol–water partition coefficient (Wildman–Crippen LogP) is 3.29. The van der Waals surface area contributed by atoms with E-state index in [1.807, 2.05) is 39.1 Å². The minimum absolute atomic E-state index is 0.153. The molecule has 0 amide bonds. The van der Waals surface area contributed by atoms with Gasteiger partial charge in [0.25, 0.3) is 0 Å². The summed E-state index contributed by atoms with van der Waals surface area (Å²) in [7, 11) is -3.58. The third-order valence-electron chi connectivity index (χ3n) is 4.21. The second kappa shape index (κ2) is 5.10. The van der Waals surface area contributed by atoms with Gasteiger partial charge in [-0.3, -0.25) is 0 Å². The molecule has 3 rings (SSSR count). The number of hydrogen-bond donors (Lipinski definition) is 1. The highest BCUT2D eigenvalue weighted by atomic mass is 32.2. The summed E-state index contributed by atoms with van der Waals surface area (Å²) in [5.41, 5.74) is 2.04. The number of nitrogens with one attached hydrogen (secondary N) is 1. The highest BCUT2D eigenvalue weighted by Gasteiger charge is 2.36. The first-order chi connectivity index (χ1) is 10.8. The Bertz CT molecular complexity index is 919. The van der Waals surface area contributed by atoms with Crippen LogP contribution in [0.15, 0.2) is 52.3 Å². The summed E-state index contributed by atoms with van der Waals surface area (Å²) in [6, 6.07) is 11.9. The average Bonchev–Trinajstić information content (AvgIpc) is 2.50. The highest BCUT2D eigenvalue weighted by Crippen LogP contribution is 2.41. The first-order valence-electron chi connectivity index (χ1n) is 7.40. The van der Waals surface area contributed by atoms with Crippen molar-refractivity contribution in [1.29, 1.82) is 5.26 Å². The van der Waals surface area contributed by atoms with Gasteiger partial charge in [0.1, 0.15) is 0 Å². The van der Waals surface area contributed by atoms with Crippen molar-refractivity contribution in [3.63, 3.8) is 0 Å². The third-order valence-corrected chi connectivity index (χ3v) is 6.09. The first kappa shape index (κ1) is 15.6. The maximum absolute atomic E-state index is 13.0. The van der Waals surface area contributed by atoms with Gasteiger partial charge in [-0.1, -0.05) is 51.1 Å². The van der Waals surface area contributed by atoms with Crippen molar-refractivity contribution in [1.82, 2.24) is 5.32 Å². The van der Waals surface area contributed by atoms with E-state index in [1.54, 1.807) is 30.3 Å². The third kappa shape index (κ3) is 2.40. The van der Waals surface area contributed by atoms with Crippen molar-refractivity contribution in [2.45, 2.75) is 42.0 Å². The normalized spacial score (nSPS) is 18.4. The molecule has 2 aromatic rings. The fourth-order valence-corrected chi connectivity index (χ4v) is 4.71. The van der Waals surface area contributed by atoms with Gasteiger partial charge in [0.05, 0.1) is 15.8 Å². The maximum Gasteiger partial charge on any atom is 0.207 e. The molecule has 0 saturated heterocycles. The molecular weight excluding hydrogens is 308 g/mol. The number of nitrogens with zero attached hydrogens (tertiary/aromatic N) is 1. The quantitative estimate of drug-likeness (QED) is 0.645. The number of sulfone groups is 1. The summed E-state index contributed by atoms with van der Waals surface area (Å²) < 4.78 is 26.0. The summed E-state index contributed by atoms with van der Waals surface area (Å²) in [5.74, 6) is 0. The molecule has 1 unspecified atom stereocenters. The Balaban J connectivity index is 2.33. The second-order valence-corrected chi connectivity index (χ2v) is 8.62. The van der Waals surface area contributed by atoms with Crippen LogP contribution in [0.2, 0.25) is 0 Å². The molecule has 0 aliphatic carbocycles. The summed E-state index contributed by atoms with van der Waals surface area (Å²) >= 11 is 0. The van der Waals surface area contributed by atoms with Crippen LogP contribution >= 0.6 is 0 Å². The van der Waals surface area contributed by atoms with Gasteiger partial charge in [-0.2, -0.15) is 5.26 Å². The summed E-state index contributed by atoms with van der Waals surface area (Å²) in [6.45, 7) is 6.13. The first-order valence-corrected chi connectivity index (χ1v) is 8.88. The lowest BCUT2D eigenvalue weighted by Crippen LogP contribution is -2.27. The molecule has 5 heteroatoms. The Morgan fingerprint density at radius 1 is 1.04 bits per heavy atom. The molecule has 0 aromatic heterocycles. The van der Waals surface area contributed by atoms with E-state index in [9.17, 15) is 8.42 Å². The average molecular weight is 326 g/mol. The fourth-order valence-electron chi connectivity index (χ4n) is 2.94. The number of hydrogen-bond acceptors (Lipinski definition) is 4. The van der Waals surface area contributed by atoms with Crippen LogP contribution in [0, 0.1) is 11.5 Å². The van der Waals surface area contributed by atoms with E-state index in [4.69, 9.17) is 5.26 Å². The van der Waals surface area contributed by atoms with Crippen LogP contribution in [-0.2, 0) is 15.3 Å². The van der Waals surface area contributed by atoms with Gasteiger partial charge in [0, 0.05) is 0 Å². The molecule has 23 heavy (non-hydrogen) atoms. The van der Waals surface area contributed by atoms with Gasteiger partial charge in [0.2, 0.25) is 9.84 Å². The van der Waals surface area contributed by atoms with Crippen LogP contribution in [0.1, 0.15) is 43.5 Å². The van der Waals surface area contributed by atoms with Crippen LogP contribution in [0.25, 0.3) is 0 Å². The lowest BCUT2D eigenvalue weighted by atomic mass is 9.85. The monoisotopic (exact) mass is 326 g/mol. The molecular formula is C18H18N2O2S. The van der Waals surface area contributed by atoms with Gasteiger partial charge in [-0.15, -0.1) is 0 Å². The Morgan fingerprint density at radius 2 is 1.70 bits per heavy atom. The zero-order valence-corrected chi connectivity index (χ0v) is 14.1. The number of nitriles is 1. The molecule has 4 nitrogen and oxygen atoms in total. The van der Waals surface area contributed by atoms with Crippen molar-refractivity contribution in [2.75, 3.05) is 0 Å². The zero-order chi connectivity index (χ0) is 16.8. The van der Waals surface area contributed by atoms with Crippen LogP contribution in [0.4, 0.5) is 0 Å². The molecule has 1 aliphatic heterocycles. The van der Waals surface area contributed by atoms with Crippen molar-refractivity contribution >= 4 is 9.84 Å². The van der Waals surface area contributed by atoms with Crippen molar-refractivity contribution in [3.8, 4) is 6.19 Å². The van der Waals surface area contributed by atoms with Gasteiger partial charge >= 0.3 is 0 Å². The fraction of sp³-hybridized carbons (Fsp3) is 0.278. The Hall–Kier alpha value is -2.32. The molecule has 0 bridgehead atoms. The minimum Gasteiger partial charge on any atom is -0.312 e. The van der Waals surface area contributed by atoms with Gasteiger partial charge in [-0.25, -0.2) is 8.42 Å². The van der Waals surface area contributed by atoms with E-state index < -0.39 is 15.9 Å². The van der Waals surface area contributed by atoms with Gasteiger partial charge < -0.3 is 5.32 Å². The number of fused-ring (bicyclic) bond motifs is 2. The van der Waals surface area contributed by atoms with E-state index in [-0.39, 0.29) is 15.2 Å². The van der Waals surface area contributed by atoms with E-state index in [0.29, 0.717) is 11.1 Å². The molecule has 0 saturated carbocycles. The second-order valence-electron chi connectivity index (χ2n) is 6.73. The number of benzene rings is 2.